The van der Waals surface area contributed by atoms with Crippen molar-refractivity contribution < 1.29 is 23.1 Å². The van der Waals surface area contributed by atoms with Crippen molar-refractivity contribution in [3.05, 3.63) is 29.5 Å². The van der Waals surface area contributed by atoms with Crippen molar-refractivity contribution in [2.75, 3.05) is 13.1 Å². The Morgan fingerprint density at radius 3 is 2.52 bits per heavy atom. The Kier molecular flexibility index (Phi) is 3.69. The van der Waals surface area contributed by atoms with Crippen molar-refractivity contribution in [2.45, 2.75) is 24.9 Å². The van der Waals surface area contributed by atoms with Gasteiger partial charge in [-0.3, -0.25) is 4.68 Å². The molecule has 0 spiro atoms. The van der Waals surface area contributed by atoms with Crippen molar-refractivity contribution in [1.82, 2.24) is 14.7 Å². The van der Waals surface area contributed by atoms with Crippen molar-refractivity contribution in [3.8, 4) is 0 Å². The van der Waals surface area contributed by atoms with E-state index in [4.69, 9.17) is 5.11 Å². The van der Waals surface area contributed by atoms with Gasteiger partial charge in [0, 0.05) is 31.4 Å². The molecule has 0 unspecified atom stereocenters. The number of para-hydroxylation sites is 1. The first kappa shape index (κ1) is 15.6. The zero-order chi connectivity index (χ0) is 16.8. The molecule has 0 radical (unpaired) electrons. The van der Waals surface area contributed by atoms with E-state index >= 15 is 0 Å². The molecular formula is C15H16F3N3O2. The second-order valence-electron chi connectivity index (χ2n) is 5.75. The Balaban J connectivity index is 1.99. The van der Waals surface area contributed by atoms with E-state index in [0.717, 1.165) is 6.07 Å². The molecule has 1 saturated heterocycles. The zero-order valence-electron chi connectivity index (χ0n) is 12.5. The Morgan fingerprint density at radius 2 is 1.96 bits per heavy atom. The van der Waals surface area contributed by atoms with Crippen molar-refractivity contribution in [2.24, 2.45) is 7.05 Å². The molecule has 1 aromatic carbocycles. The van der Waals surface area contributed by atoms with E-state index < -0.39 is 17.8 Å². The Morgan fingerprint density at radius 1 is 1.30 bits per heavy atom. The number of benzene rings is 1. The predicted octanol–water partition coefficient (Wildman–Crippen LogP) is 3.45. The van der Waals surface area contributed by atoms with Gasteiger partial charge in [0.05, 0.1) is 16.8 Å². The summed E-state index contributed by atoms with van der Waals surface area (Å²) in [4.78, 5) is 12.3. The number of aryl methyl sites for hydroxylation is 1. The summed E-state index contributed by atoms with van der Waals surface area (Å²) in [5.74, 6) is -0.0298. The molecule has 0 atom stereocenters. The van der Waals surface area contributed by atoms with Crippen LogP contribution in [0.25, 0.3) is 10.9 Å². The molecule has 2 heterocycles. The van der Waals surface area contributed by atoms with E-state index in [-0.39, 0.29) is 11.4 Å². The highest BCUT2D eigenvalue weighted by molar-refractivity contribution is 5.86. The number of alkyl halides is 3. The molecule has 5 nitrogen and oxygen atoms in total. The lowest BCUT2D eigenvalue weighted by Crippen LogP contribution is -2.36. The summed E-state index contributed by atoms with van der Waals surface area (Å²) in [7, 11) is 1.51. The molecule has 0 aliphatic carbocycles. The SMILES string of the molecule is Cn1nc(C2CCN(C(=O)O)CC2)c2cccc(C(F)(F)F)c21. The molecule has 1 amide bonds. The quantitative estimate of drug-likeness (QED) is 0.873. The Labute approximate surface area is 130 Å². The summed E-state index contributed by atoms with van der Waals surface area (Å²) in [6.07, 6.45) is -4.27. The number of aromatic nitrogens is 2. The first-order chi connectivity index (χ1) is 10.8. The van der Waals surface area contributed by atoms with Gasteiger partial charge in [0.25, 0.3) is 0 Å². The highest BCUT2D eigenvalue weighted by Crippen LogP contribution is 2.38. The maximum absolute atomic E-state index is 13.2. The van der Waals surface area contributed by atoms with Gasteiger partial charge in [-0.15, -0.1) is 0 Å². The fraction of sp³-hybridized carbons (Fsp3) is 0.467. The molecule has 1 aliphatic rings. The maximum atomic E-state index is 13.2. The minimum atomic E-state index is -4.43. The number of carboxylic acid groups (broad SMARTS) is 1. The first-order valence-corrected chi connectivity index (χ1v) is 7.29. The molecule has 1 fully saturated rings. The third kappa shape index (κ3) is 2.73. The van der Waals surface area contributed by atoms with Gasteiger partial charge in [0.15, 0.2) is 0 Å². The van der Waals surface area contributed by atoms with Crippen LogP contribution in [0.5, 0.6) is 0 Å². The fourth-order valence-electron chi connectivity index (χ4n) is 3.24. The largest absolute Gasteiger partial charge is 0.465 e. The van der Waals surface area contributed by atoms with Gasteiger partial charge in [-0.25, -0.2) is 4.79 Å². The number of likely N-dealkylation sites (tertiary alicyclic amines) is 1. The van der Waals surface area contributed by atoms with Gasteiger partial charge in [-0.2, -0.15) is 18.3 Å². The van der Waals surface area contributed by atoms with Crippen molar-refractivity contribution in [3.63, 3.8) is 0 Å². The fourth-order valence-corrected chi connectivity index (χ4v) is 3.24. The van der Waals surface area contributed by atoms with Crippen LogP contribution in [-0.2, 0) is 13.2 Å². The number of hydrogen-bond donors (Lipinski definition) is 1. The summed E-state index contributed by atoms with van der Waals surface area (Å²) in [5.41, 5.74) is 0.00789. The van der Waals surface area contributed by atoms with Gasteiger partial charge in [0.1, 0.15) is 0 Å². The molecule has 1 aliphatic heterocycles. The second-order valence-corrected chi connectivity index (χ2v) is 5.75. The lowest BCUT2D eigenvalue weighted by Gasteiger charge is -2.29. The molecule has 2 aromatic rings. The molecule has 1 aromatic heterocycles. The molecular weight excluding hydrogens is 311 g/mol. The summed E-state index contributed by atoms with van der Waals surface area (Å²) in [6.45, 7) is 0.744. The molecule has 3 rings (SSSR count). The van der Waals surface area contributed by atoms with Gasteiger partial charge in [-0.1, -0.05) is 12.1 Å². The molecule has 8 heteroatoms. The van der Waals surface area contributed by atoms with Crippen LogP contribution in [0.1, 0.15) is 30.0 Å². The normalized spacial score (nSPS) is 17.0. The third-order valence-electron chi connectivity index (χ3n) is 4.35. The Bertz CT molecular complexity index is 746. The highest BCUT2D eigenvalue weighted by atomic mass is 19.4. The predicted molar refractivity (Wildman–Crippen MR) is 77.3 cm³/mol. The number of piperidine rings is 1. The average molecular weight is 327 g/mol. The van der Waals surface area contributed by atoms with E-state index in [1.807, 2.05) is 0 Å². The van der Waals surface area contributed by atoms with Gasteiger partial charge in [-0.05, 0) is 18.9 Å². The van der Waals surface area contributed by atoms with Crippen LogP contribution in [0.4, 0.5) is 18.0 Å². The summed E-state index contributed by atoms with van der Waals surface area (Å²) in [5, 5.41) is 13.8. The zero-order valence-corrected chi connectivity index (χ0v) is 12.5. The topological polar surface area (TPSA) is 58.4 Å². The standard InChI is InChI=1S/C15H16F3N3O2/c1-20-13-10(3-2-4-11(13)15(16,17)18)12(19-20)9-5-7-21(8-6-9)14(22)23/h2-4,9H,5-8H2,1H3,(H,22,23). The minimum absolute atomic E-state index is 0.0298. The number of nitrogens with zero attached hydrogens (tertiary/aromatic N) is 3. The number of rotatable bonds is 1. The van der Waals surface area contributed by atoms with Crippen LogP contribution in [-0.4, -0.2) is 39.0 Å². The van der Waals surface area contributed by atoms with Crippen LogP contribution < -0.4 is 0 Å². The third-order valence-corrected chi connectivity index (χ3v) is 4.35. The first-order valence-electron chi connectivity index (χ1n) is 7.29. The molecule has 0 saturated carbocycles. The number of hydrogen-bond acceptors (Lipinski definition) is 2. The van der Waals surface area contributed by atoms with Crippen LogP contribution in [0.2, 0.25) is 0 Å². The van der Waals surface area contributed by atoms with Crippen LogP contribution in [0.15, 0.2) is 18.2 Å². The summed E-state index contributed by atoms with van der Waals surface area (Å²) in [6, 6.07) is 4.10. The smallest absolute Gasteiger partial charge is 0.418 e. The van der Waals surface area contributed by atoms with Crippen LogP contribution in [0, 0.1) is 0 Å². The van der Waals surface area contributed by atoms with E-state index in [0.29, 0.717) is 37.0 Å². The summed E-state index contributed by atoms with van der Waals surface area (Å²) < 4.78 is 40.8. The van der Waals surface area contributed by atoms with Crippen molar-refractivity contribution >= 4 is 17.0 Å². The molecule has 0 bridgehead atoms. The molecule has 124 valence electrons. The minimum Gasteiger partial charge on any atom is -0.465 e. The van der Waals surface area contributed by atoms with E-state index in [1.54, 1.807) is 6.07 Å². The number of amides is 1. The number of fused-ring (bicyclic) bond motifs is 1. The van der Waals surface area contributed by atoms with Gasteiger partial charge >= 0.3 is 12.3 Å². The molecule has 23 heavy (non-hydrogen) atoms. The monoisotopic (exact) mass is 327 g/mol. The van der Waals surface area contributed by atoms with E-state index in [2.05, 4.69) is 5.10 Å². The van der Waals surface area contributed by atoms with Crippen molar-refractivity contribution in [1.29, 1.82) is 0 Å². The van der Waals surface area contributed by atoms with E-state index in [9.17, 15) is 18.0 Å². The maximum Gasteiger partial charge on any atom is 0.418 e. The Hall–Kier alpha value is -2.25. The van der Waals surface area contributed by atoms with Crippen LogP contribution >= 0.6 is 0 Å². The lowest BCUT2D eigenvalue weighted by atomic mass is 9.91. The second kappa shape index (κ2) is 5.43. The van der Waals surface area contributed by atoms with Gasteiger partial charge < -0.3 is 10.0 Å². The number of carbonyl (C=O) groups is 1. The number of halogens is 3. The van der Waals surface area contributed by atoms with Gasteiger partial charge in [0.2, 0.25) is 0 Å². The average Bonchev–Trinajstić information content (AvgIpc) is 2.84. The summed E-state index contributed by atoms with van der Waals surface area (Å²) >= 11 is 0. The lowest BCUT2D eigenvalue weighted by molar-refractivity contribution is -0.136. The molecule has 1 N–H and O–H groups in total. The van der Waals surface area contributed by atoms with Crippen LogP contribution in [0.3, 0.4) is 0 Å². The van der Waals surface area contributed by atoms with E-state index in [1.165, 1.54) is 22.7 Å². The highest BCUT2D eigenvalue weighted by Gasteiger charge is 2.35.